The molecule has 1 amide bonds. The van der Waals surface area contributed by atoms with E-state index in [9.17, 15) is 18.7 Å². The number of nitrogens with zero attached hydrogens (tertiary/aromatic N) is 1. The Morgan fingerprint density at radius 2 is 1.64 bits per heavy atom. The number of benzene rings is 2. The summed E-state index contributed by atoms with van der Waals surface area (Å²) >= 11 is 0. The van der Waals surface area contributed by atoms with Gasteiger partial charge in [0.25, 0.3) is 0 Å². The minimum atomic E-state index is -1.08. The Hall–Kier alpha value is -2.47. The van der Waals surface area contributed by atoms with Gasteiger partial charge in [-0.25, -0.2) is 13.6 Å². The van der Waals surface area contributed by atoms with Crippen LogP contribution in [0.25, 0.3) is 0 Å². The van der Waals surface area contributed by atoms with Crippen molar-refractivity contribution in [2.45, 2.75) is 50.9 Å². The van der Waals surface area contributed by atoms with Gasteiger partial charge in [0.1, 0.15) is 17.2 Å². The van der Waals surface area contributed by atoms with Gasteiger partial charge in [-0.05, 0) is 56.2 Å². The van der Waals surface area contributed by atoms with Crippen LogP contribution in [0.15, 0.2) is 48.5 Å². The van der Waals surface area contributed by atoms with Crippen molar-refractivity contribution in [1.29, 1.82) is 0 Å². The van der Waals surface area contributed by atoms with Crippen LogP contribution in [-0.2, 0) is 10.3 Å². The Labute approximate surface area is 163 Å². The lowest BCUT2D eigenvalue weighted by Crippen LogP contribution is -2.51. The van der Waals surface area contributed by atoms with Gasteiger partial charge in [0.2, 0.25) is 0 Å². The number of hydrogen-bond acceptors (Lipinski definition) is 3. The molecule has 0 radical (unpaired) electrons. The van der Waals surface area contributed by atoms with Crippen molar-refractivity contribution in [2.75, 3.05) is 6.54 Å². The van der Waals surface area contributed by atoms with E-state index in [1.165, 1.54) is 24.3 Å². The molecule has 150 valence electrons. The van der Waals surface area contributed by atoms with Gasteiger partial charge in [0.05, 0.1) is 11.6 Å². The molecule has 1 N–H and O–H groups in total. The van der Waals surface area contributed by atoms with Crippen LogP contribution >= 0.6 is 0 Å². The fraction of sp³-hybridized carbons (Fsp3) is 0.409. The SMILES string of the molecule is C[C@@H](c1ccc(F)cc1)N1CCC(CC(C)(C)O)(c2ccc(F)cc2)OC1=O. The monoisotopic (exact) mass is 389 g/mol. The predicted octanol–water partition coefficient (Wildman–Crippen LogP) is 4.92. The maximum absolute atomic E-state index is 13.4. The number of rotatable bonds is 5. The van der Waals surface area contributed by atoms with Crippen LogP contribution in [0.3, 0.4) is 0 Å². The second kappa shape index (κ2) is 7.51. The van der Waals surface area contributed by atoms with Gasteiger partial charge in [-0.2, -0.15) is 0 Å². The number of halogens is 2. The molecule has 0 saturated carbocycles. The Morgan fingerprint density at radius 1 is 1.11 bits per heavy atom. The van der Waals surface area contributed by atoms with Crippen molar-refractivity contribution in [1.82, 2.24) is 4.90 Å². The molecule has 1 aliphatic rings. The molecule has 0 spiro atoms. The van der Waals surface area contributed by atoms with E-state index in [0.717, 1.165) is 5.56 Å². The molecule has 6 heteroatoms. The molecule has 1 fully saturated rings. The lowest BCUT2D eigenvalue weighted by molar-refractivity contribution is -0.101. The average Bonchev–Trinajstić information content (AvgIpc) is 2.61. The molecule has 0 aliphatic carbocycles. The normalized spacial score (nSPS) is 21.4. The first-order valence-corrected chi connectivity index (χ1v) is 9.33. The zero-order valence-electron chi connectivity index (χ0n) is 16.3. The second-order valence-electron chi connectivity index (χ2n) is 8.03. The average molecular weight is 389 g/mol. The summed E-state index contributed by atoms with van der Waals surface area (Å²) in [6.45, 7) is 5.56. The van der Waals surface area contributed by atoms with E-state index in [2.05, 4.69) is 0 Å². The molecule has 2 aromatic rings. The van der Waals surface area contributed by atoms with Crippen LogP contribution in [0.1, 0.15) is 50.8 Å². The number of carbonyl (C=O) groups is 1. The fourth-order valence-electron chi connectivity index (χ4n) is 3.82. The Balaban J connectivity index is 1.87. The smallest absolute Gasteiger partial charge is 0.411 e. The quantitative estimate of drug-likeness (QED) is 0.789. The summed E-state index contributed by atoms with van der Waals surface area (Å²) in [5, 5.41) is 10.4. The molecule has 0 aromatic heterocycles. The van der Waals surface area contributed by atoms with Crippen molar-refractivity contribution in [3.8, 4) is 0 Å². The first-order chi connectivity index (χ1) is 13.1. The molecule has 28 heavy (non-hydrogen) atoms. The van der Waals surface area contributed by atoms with Crippen LogP contribution < -0.4 is 0 Å². The summed E-state index contributed by atoms with van der Waals surface area (Å²) < 4.78 is 32.5. The first-order valence-electron chi connectivity index (χ1n) is 9.33. The van der Waals surface area contributed by atoms with E-state index < -0.39 is 17.3 Å². The number of hydrogen-bond donors (Lipinski definition) is 1. The number of carbonyl (C=O) groups excluding carboxylic acids is 1. The number of amides is 1. The van der Waals surface area contributed by atoms with Crippen LogP contribution in [-0.4, -0.2) is 28.2 Å². The molecule has 1 unspecified atom stereocenters. The number of cyclic esters (lactones) is 1. The van der Waals surface area contributed by atoms with Crippen molar-refractivity contribution in [3.63, 3.8) is 0 Å². The van der Waals surface area contributed by atoms with Crippen LogP contribution in [0, 0.1) is 11.6 Å². The van der Waals surface area contributed by atoms with Gasteiger partial charge in [-0.1, -0.05) is 24.3 Å². The standard InChI is InChI=1S/C22H25F2NO3/c1-15(16-4-8-18(23)9-5-16)25-13-12-22(28-20(25)26,14-21(2,3)27)17-6-10-19(24)11-7-17/h4-11,15,27H,12-14H2,1-3H3/t15-,22?/m0/s1. The Kier molecular flexibility index (Phi) is 5.44. The highest BCUT2D eigenvalue weighted by molar-refractivity contribution is 5.70. The van der Waals surface area contributed by atoms with Crippen molar-refractivity contribution < 1.29 is 23.4 Å². The molecule has 0 bridgehead atoms. The molecule has 2 aromatic carbocycles. The third kappa shape index (κ3) is 4.33. The summed E-state index contributed by atoms with van der Waals surface area (Å²) in [5.41, 5.74) is -0.671. The van der Waals surface area contributed by atoms with E-state index >= 15 is 0 Å². The number of ether oxygens (including phenoxy) is 1. The molecule has 4 nitrogen and oxygen atoms in total. The maximum atomic E-state index is 13.4. The van der Waals surface area contributed by atoms with Gasteiger partial charge in [-0.15, -0.1) is 0 Å². The molecule has 1 heterocycles. The topological polar surface area (TPSA) is 49.8 Å². The Morgan fingerprint density at radius 3 is 2.14 bits per heavy atom. The largest absolute Gasteiger partial charge is 0.438 e. The first kappa shape index (κ1) is 20.3. The molecule has 1 saturated heterocycles. The third-order valence-corrected chi connectivity index (χ3v) is 5.18. The summed E-state index contributed by atoms with van der Waals surface area (Å²) in [6, 6.07) is 11.5. The highest BCUT2D eigenvalue weighted by Gasteiger charge is 2.46. The van der Waals surface area contributed by atoms with Crippen molar-refractivity contribution >= 4 is 6.09 Å². The van der Waals surface area contributed by atoms with Crippen LogP contribution in [0.5, 0.6) is 0 Å². The van der Waals surface area contributed by atoms with Gasteiger partial charge in [0.15, 0.2) is 0 Å². The van der Waals surface area contributed by atoms with E-state index in [4.69, 9.17) is 4.74 Å². The maximum Gasteiger partial charge on any atom is 0.411 e. The summed E-state index contributed by atoms with van der Waals surface area (Å²) in [7, 11) is 0. The highest BCUT2D eigenvalue weighted by atomic mass is 19.1. The van der Waals surface area contributed by atoms with E-state index in [1.807, 2.05) is 6.92 Å². The number of aliphatic hydroxyl groups is 1. The summed E-state index contributed by atoms with van der Waals surface area (Å²) in [6.07, 6.45) is 0.118. The minimum Gasteiger partial charge on any atom is -0.438 e. The van der Waals surface area contributed by atoms with Crippen LogP contribution in [0.2, 0.25) is 0 Å². The lowest BCUT2D eigenvalue weighted by atomic mass is 9.80. The van der Waals surface area contributed by atoms with Gasteiger partial charge < -0.3 is 14.7 Å². The van der Waals surface area contributed by atoms with Crippen molar-refractivity contribution in [2.24, 2.45) is 0 Å². The molecule has 3 rings (SSSR count). The van der Waals surface area contributed by atoms with E-state index in [1.54, 1.807) is 43.0 Å². The van der Waals surface area contributed by atoms with Crippen molar-refractivity contribution in [3.05, 3.63) is 71.3 Å². The summed E-state index contributed by atoms with van der Waals surface area (Å²) in [4.78, 5) is 14.5. The van der Waals surface area contributed by atoms with E-state index in [0.29, 0.717) is 18.5 Å². The fourth-order valence-corrected chi connectivity index (χ4v) is 3.82. The zero-order valence-corrected chi connectivity index (χ0v) is 16.3. The van der Waals surface area contributed by atoms with Crippen LogP contribution in [0.4, 0.5) is 13.6 Å². The van der Waals surface area contributed by atoms with Gasteiger partial charge in [0, 0.05) is 19.4 Å². The Bertz CT molecular complexity index is 830. The predicted molar refractivity (Wildman–Crippen MR) is 102 cm³/mol. The molecular formula is C22H25F2NO3. The molecule has 2 atom stereocenters. The van der Waals surface area contributed by atoms with Gasteiger partial charge >= 0.3 is 6.09 Å². The molecular weight excluding hydrogens is 364 g/mol. The summed E-state index contributed by atoms with van der Waals surface area (Å²) in [5.74, 6) is -0.714. The second-order valence-corrected chi connectivity index (χ2v) is 8.03. The van der Waals surface area contributed by atoms with Gasteiger partial charge in [-0.3, -0.25) is 0 Å². The minimum absolute atomic E-state index is 0.191. The highest BCUT2D eigenvalue weighted by Crippen LogP contribution is 2.42. The lowest BCUT2D eigenvalue weighted by Gasteiger charge is -2.45. The third-order valence-electron chi connectivity index (χ3n) is 5.18. The zero-order chi connectivity index (χ0) is 20.5. The van der Waals surface area contributed by atoms with E-state index in [-0.39, 0.29) is 24.1 Å². The molecule has 1 aliphatic heterocycles.